The zero-order chi connectivity index (χ0) is 13.7. The number of aromatic nitrogens is 1. The largest absolute Gasteiger partial charge is 0.497 e. The SMILES string of the molecule is COc1ccc(C(C)NCc2cnccc2C)cc1. The average molecular weight is 256 g/mol. The first-order valence-electron chi connectivity index (χ1n) is 6.47. The van der Waals surface area contributed by atoms with Crippen molar-refractivity contribution in [3.63, 3.8) is 0 Å². The van der Waals surface area contributed by atoms with E-state index < -0.39 is 0 Å². The number of nitrogens with one attached hydrogen (secondary N) is 1. The maximum absolute atomic E-state index is 5.17. The van der Waals surface area contributed by atoms with Gasteiger partial charge in [0.1, 0.15) is 5.75 Å². The third kappa shape index (κ3) is 3.55. The van der Waals surface area contributed by atoms with Crippen LogP contribution in [0.4, 0.5) is 0 Å². The third-order valence-electron chi connectivity index (χ3n) is 3.36. The van der Waals surface area contributed by atoms with Crippen LogP contribution in [0.25, 0.3) is 0 Å². The zero-order valence-electron chi connectivity index (χ0n) is 11.7. The lowest BCUT2D eigenvalue weighted by Gasteiger charge is -2.15. The topological polar surface area (TPSA) is 34.1 Å². The molecule has 1 atom stereocenters. The summed E-state index contributed by atoms with van der Waals surface area (Å²) >= 11 is 0. The van der Waals surface area contributed by atoms with Gasteiger partial charge in [-0.05, 0) is 48.7 Å². The Labute approximate surface area is 114 Å². The summed E-state index contributed by atoms with van der Waals surface area (Å²) in [6.45, 7) is 5.09. The fraction of sp³-hybridized carbons (Fsp3) is 0.312. The standard InChI is InChI=1S/C16H20N2O/c1-12-8-9-17-10-15(12)11-18-13(2)14-4-6-16(19-3)7-5-14/h4-10,13,18H,11H2,1-3H3. The first-order valence-corrected chi connectivity index (χ1v) is 6.47. The molecule has 1 N–H and O–H groups in total. The number of benzene rings is 1. The van der Waals surface area contributed by atoms with E-state index in [2.05, 4.69) is 36.3 Å². The summed E-state index contributed by atoms with van der Waals surface area (Å²) in [5, 5.41) is 3.51. The molecular weight excluding hydrogens is 236 g/mol. The van der Waals surface area contributed by atoms with Crippen LogP contribution in [-0.2, 0) is 6.54 Å². The Bertz CT molecular complexity index is 523. The molecular formula is C16H20N2O. The van der Waals surface area contributed by atoms with Crippen molar-refractivity contribution in [2.24, 2.45) is 0 Å². The Kier molecular flexibility index (Phi) is 4.53. The zero-order valence-corrected chi connectivity index (χ0v) is 11.7. The second kappa shape index (κ2) is 6.34. The molecule has 2 rings (SSSR count). The highest BCUT2D eigenvalue weighted by molar-refractivity contribution is 5.29. The van der Waals surface area contributed by atoms with E-state index in [0.29, 0.717) is 6.04 Å². The minimum atomic E-state index is 0.297. The lowest BCUT2D eigenvalue weighted by atomic mass is 10.1. The molecule has 0 fully saturated rings. The highest BCUT2D eigenvalue weighted by Crippen LogP contribution is 2.18. The van der Waals surface area contributed by atoms with Crippen molar-refractivity contribution in [3.05, 3.63) is 59.4 Å². The molecule has 100 valence electrons. The fourth-order valence-corrected chi connectivity index (χ4v) is 1.96. The van der Waals surface area contributed by atoms with Gasteiger partial charge in [-0.15, -0.1) is 0 Å². The molecule has 0 aliphatic heterocycles. The normalized spacial score (nSPS) is 12.2. The Balaban J connectivity index is 1.97. The minimum Gasteiger partial charge on any atom is -0.497 e. The van der Waals surface area contributed by atoms with E-state index in [4.69, 9.17) is 4.74 Å². The second-order valence-electron chi connectivity index (χ2n) is 4.68. The molecule has 0 bridgehead atoms. The van der Waals surface area contributed by atoms with Crippen molar-refractivity contribution in [2.75, 3.05) is 7.11 Å². The van der Waals surface area contributed by atoms with Gasteiger partial charge in [0.15, 0.2) is 0 Å². The van der Waals surface area contributed by atoms with Crippen LogP contribution in [0.2, 0.25) is 0 Å². The molecule has 0 aliphatic rings. The highest BCUT2D eigenvalue weighted by atomic mass is 16.5. The number of hydrogen-bond acceptors (Lipinski definition) is 3. The number of rotatable bonds is 5. The lowest BCUT2D eigenvalue weighted by Crippen LogP contribution is -2.18. The maximum Gasteiger partial charge on any atom is 0.118 e. The lowest BCUT2D eigenvalue weighted by molar-refractivity contribution is 0.414. The quantitative estimate of drug-likeness (QED) is 0.891. The van der Waals surface area contributed by atoms with Gasteiger partial charge in [-0.3, -0.25) is 4.98 Å². The van der Waals surface area contributed by atoms with Crippen LogP contribution < -0.4 is 10.1 Å². The highest BCUT2D eigenvalue weighted by Gasteiger charge is 2.06. The smallest absolute Gasteiger partial charge is 0.118 e. The molecule has 1 unspecified atom stereocenters. The fourth-order valence-electron chi connectivity index (χ4n) is 1.96. The number of aryl methyl sites for hydroxylation is 1. The molecule has 3 heteroatoms. The van der Waals surface area contributed by atoms with Crippen LogP contribution in [0, 0.1) is 6.92 Å². The van der Waals surface area contributed by atoms with Crippen molar-refractivity contribution in [1.29, 1.82) is 0 Å². The van der Waals surface area contributed by atoms with Crippen molar-refractivity contribution in [1.82, 2.24) is 10.3 Å². The Morgan fingerprint density at radius 1 is 1.21 bits per heavy atom. The Morgan fingerprint density at radius 2 is 1.95 bits per heavy atom. The van der Waals surface area contributed by atoms with E-state index in [0.717, 1.165) is 12.3 Å². The number of methoxy groups -OCH3 is 1. The molecule has 0 amide bonds. The van der Waals surface area contributed by atoms with Crippen LogP contribution in [0.3, 0.4) is 0 Å². The number of ether oxygens (including phenoxy) is 1. The van der Waals surface area contributed by atoms with E-state index in [1.54, 1.807) is 7.11 Å². The number of pyridine rings is 1. The van der Waals surface area contributed by atoms with Gasteiger partial charge in [0.25, 0.3) is 0 Å². The van der Waals surface area contributed by atoms with Crippen molar-refractivity contribution in [3.8, 4) is 5.75 Å². The van der Waals surface area contributed by atoms with Crippen LogP contribution in [0.5, 0.6) is 5.75 Å². The molecule has 1 aromatic carbocycles. The average Bonchev–Trinajstić information content (AvgIpc) is 2.46. The van der Waals surface area contributed by atoms with Gasteiger partial charge in [-0.1, -0.05) is 12.1 Å². The molecule has 1 aromatic heterocycles. The van der Waals surface area contributed by atoms with E-state index >= 15 is 0 Å². The predicted octanol–water partition coefficient (Wildman–Crippen LogP) is 3.25. The van der Waals surface area contributed by atoms with Crippen LogP contribution >= 0.6 is 0 Å². The van der Waals surface area contributed by atoms with E-state index in [1.165, 1.54) is 16.7 Å². The molecule has 1 heterocycles. The molecule has 2 aromatic rings. The second-order valence-corrected chi connectivity index (χ2v) is 4.68. The molecule has 0 saturated heterocycles. The first-order chi connectivity index (χ1) is 9.20. The van der Waals surface area contributed by atoms with Gasteiger partial charge in [0, 0.05) is 25.0 Å². The van der Waals surface area contributed by atoms with Gasteiger partial charge < -0.3 is 10.1 Å². The van der Waals surface area contributed by atoms with Crippen molar-refractivity contribution < 1.29 is 4.74 Å². The number of nitrogens with zero attached hydrogens (tertiary/aromatic N) is 1. The molecule has 0 radical (unpaired) electrons. The van der Waals surface area contributed by atoms with E-state index in [9.17, 15) is 0 Å². The molecule has 0 spiro atoms. The number of hydrogen-bond donors (Lipinski definition) is 1. The Hall–Kier alpha value is -1.87. The van der Waals surface area contributed by atoms with Gasteiger partial charge in [-0.2, -0.15) is 0 Å². The summed E-state index contributed by atoms with van der Waals surface area (Å²) in [7, 11) is 1.68. The Morgan fingerprint density at radius 3 is 2.58 bits per heavy atom. The molecule has 0 aliphatic carbocycles. The minimum absolute atomic E-state index is 0.297. The van der Waals surface area contributed by atoms with Crippen LogP contribution in [-0.4, -0.2) is 12.1 Å². The van der Waals surface area contributed by atoms with Crippen molar-refractivity contribution in [2.45, 2.75) is 26.4 Å². The molecule has 0 saturated carbocycles. The van der Waals surface area contributed by atoms with E-state index in [-0.39, 0.29) is 0 Å². The molecule has 19 heavy (non-hydrogen) atoms. The summed E-state index contributed by atoms with van der Waals surface area (Å²) in [5.41, 5.74) is 3.76. The summed E-state index contributed by atoms with van der Waals surface area (Å²) in [6, 6.07) is 10.5. The predicted molar refractivity (Wildman–Crippen MR) is 77.2 cm³/mol. The van der Waals surface area contributed by atoms with Gasteiger partial charge in [0.2, 0.25) is 0 Å². The van der Waals surface area contributed by atoms with Crippen molar-refractivity contribution >= 4 is 0 Å². The first kappa shape index (κ1) is 13.6. The summed E-state index contributed by atoms with van der Waals surface area (Å²) < 4.78 is 5.17. The maximum atomic E-state index is 5.17. The van der Waals surface area contributed by atoms with E-state index in [1.807, 2.05) is 30.6 Å². The van der Waals surface area contributed by atoms with Gasteiger partial charge in [0.05, 0.1) is 7.11 Å². The van der Waals surface area contributed by atoms with Gasteiger partial charge in [-0.25, -0.2) is 0 Å². The monoisotopic (exact) mass is 256 g/mol. The third-order valence-corrected chi connectivity index (χ3v) is 3.36. The summed E-state index contributed by atoms with van der Waals surface area (Å²) in [5.74, 6) is 0.888. The van der Waals surface area contributed by atoms with Crippen LogP contribution in [0.1, 0.15) is 29.7 Å². The molecule has 3 nitrogen and oxygen atoms in total. The van der Waals surface area contributed by atoms with Gasteiger partial charge >= 0.3 is 0 Å². The van der Waals surface area contributed by atoms with Crippen LogP contribution in [0.15, 0.2) is 42.7 Å². The summed E-state index contributed by atoms with van der Waals surface area (Å²) in [4.78, 5) is 4.16. The summed E-state index contributed by atoms with van der Waals surface area (Å²) in [6.07, 6.45) is 3.74.